The maximum absolute atomic E-state index is 12.4. The Morgan fingerprint density at radius 3 is 2.83 bits per heavy atom. The Kier molecular flexibility index (Phi) is 4.81. The highest BCUT2D eigenvalue weighted by molar-refractivity contribution is 7.15. The van der Waals surface area contributed by atoms with E-state index in [0.717, 1.165) is 25.7 Å². The highest BCUT2D eigenvalue weighted by Crippen LogP contribution is 2.37. The lowest BCUT2D eigenvalue weighted by Crippen LogP contribution is -2.21. The van der Waals surface area contributed by atoms with Crippen molar-refractivity contribution in [2.45, 2.75) is 32.6 Å². The number of ether oxygens (including phenoxy) is 1. The molecule has 122 valence electrons. The van der Waals surface area contributed by atoms with Gasteiger partial charge in [-0.15, -0.1) is 11.3 Å². The third kappa shape index (κ3) is 3.32. The Hall–Kier alpha value is -2.08. The minimum atomic E-state index is -0.443. The van der Waals surface area contributed by atoms with E-state index < -0.39 is 5.97 Å². The van der Waals surface area contributed by atoms with E-state index in [0.29, 0.717) is 21.9 Å². The Balaban J connectivity index is 1.90. The van der Waals surface area contributed by atoms with Gasteiger partial charge in [0.15, 0.2) is 0 Å². The number of thiophene rings is 1. The van der Waals surface area contributed by atoms with E-state index >= 15 is 0 Å². The molecule has 0 saturated heterocycles. The van der Waals surface area contributed by atoms with Crippen molar-refractivity contribution in [3.8, 4) is 11.3 Å². The van der Waals surface area contributed by atoms with Gasteiger partial charge >= 0.3 is 5.97 Å². The number of anilines is 1. The number of rotatable bonds is 5. The number of carbonyl (C=O) groups is 2. The predicted molar refractivity (Wildman–Crippen MR) is 88.6 cm³/mol. The van der Waals surface area contributed by atoms with Gasteiger partial charge in [0, 0.05) is 16.9 Å². The lowest BCUT2D eigenvalue weighted by Gasteiger charge is -2.11. The zero-order valence-corrected chi connectivity index (χ0v) is 13.8. The lowest BCUT2D eigenvalue weighted by molar-refractivity contribution is -0.119. The van der Waals surface area contributed by atoms with Crippen LogP contribution in [0.4, 0.5) is 5.00 Å². The van der Waals surface area contributed by atoms with Crippen LogP contribution in [0.2, 0.25) is 0 Å². The second-order valence-electron chi connectivity index (χ2n) is 5.52. The van der Waals surface area contributed by atoms with Crippen molar-refractivity contribution in [2.24, 2.45) is 5.92 Å². The highest BCUT2D eigenvalue weighted by atomic mass is 32.1. The summed E-state index contributed by atoms with van der Waals surface area (Å²) >= 11 is 1.32. The molecule has 5 nitrogen and oxygen atoms in total. The average molecular weight is 333 g/mol. The minimum Gasteiger partial charge on any atom is -0.464 e. The summed E-state index contributed by atoms with van der Waals surface area (Å²) in [6.45, 7) is 2.04. The van der Waals surface area contributed by atoms with E-state index in [1.54, 1.807) is 25.3 Å². The number of nitrogens with one attached hydrogen (secondary N) is 1. The van der Waals surface area contributed by atoms with E-state index in [-0.39, 0.29) is 18.4 Å². The van der Waals surface area contributed by atoms with Crippen LogP contribution in [0.15, 0.2) is 28.2 Å². The molecule has 2 aromatic heterocycles. The number of furan rings is 1. The third-order valence-electron chi connectivity index (χ3n) is 4.02. The first-order chi connectivity index (χ1) is 11.2. The van der Waals surface area contributed by atoms with Crippen LogP contribution in [0.3, 0.4) is 0 Å². The van der Waals surface area contributed by atoms with Crippen LogP contribution in [0, 0.1) is 5.92 Å². The first kappa shape index (κ1) is 15.8. The molecule has 2 heterocycles. The van der Waals surface area contributed by atoms with E-state index in [1.807, 2.05) is 5.38 Å². The molecule has 1 aliphatic rings. The molecule has 0 unspecified atom stereocenters. The van der Waals surface area contributed by atoms with Crippen LogP contribution >= 0.6 is 11.3 Å². The molecule has 6 heteroatoms. The molecule has 2 aromatic rings. The maximum Gasteiger partial charge on any atom is 0.341 e. The molecule has 0 radical (unpaired) electrons. The molecular weight excluding hydrogens is 314 g/mol. The van der Waals surface area contributed by atoms with Crippen molar-refractivity contribution >= 4 is 28.2 Å². The SMILES string of the molecule is CCOC(=O)c1c(-c2ccco2)csc1NC(=O)C1CCCC1. The van der Waals surface area contributed by atoms with Crippen LogP contribution in [0.1, 0.15) is 43.0 Å². The van der Waals surface area contributed by atoms with Crippen molar-refractivity contribution < 1.29 is 18.7 Å². The molecule has 1 saturated carbocycles. The second-order valence-corrected chi connectivity index (χ2v) is 6.40. The molecule has 1 fully saturated rings. The Bertz CT molecular complexity index is 684. The number of esters is 1. The molecule has 0 aliphatic heterocycles. The van der Waals surface area contributed by atoms with Gasteiger partial charge in [0.05, 0.1) is 12.9 Å². The van der Waals surface area contributed by atoms with Crippen LogP contribution in [-0.2, 0) is 9.53 Å². The van der Waals surface area contributed by atoms with Gasteiger partial charge in [0.25, 0.3) is 0 Å². The molecule has 1 amide bonds. The van der Waals surface area contributed by atoms with Gasteiger partial charge in [-0.05, 0) is 31.9 Å². The minimum absolute atomic E-state index is 0.0131. The molecule has 0 spiro atoms. The largest absolute Gasteiger partial charge is 0.464 e. The highest BCUT2D eigenvalue weighted by Gasteiger charge is 2.27. The summed E-state index contributed by atoms with van der Waals surface area (Å²) in [6.07, 6.45) is 5.56. The molecule has 0 aromatic carbocycles. The van der Waals surface area contributed by atoms with Crippen LogP contribution < -0.4 is 5.32 Å². The van der Waals surface area contributed by atoms with Crippen LogP contribution in [0.25, 0.3) is 11.3 Å². The van der Waals surface area contributed by atoms with Crippen LogP contribution in [-0.4, -0.2) is 18.5 Å². The van der Waals surface area contributed by atoms with Gasteiger partial charge in [-0.2, -0.15) is 0 Å². The summed E-state index contributed by atoms with van der Waals surface area (Å²) < 4.78 is 10.5. The Labute approximate surface area is 138 Å². The number of hydrogen-bond donors (Lipinski definition) is 1. The summed E-state index contributed by atoms with van der Waals surface area (Å²) in [4.78, 5) is 24.7. The molecule has 1 N–H and O–H groups in total. The van der Waals surface area contributed by atoms with E-state index in [4.69, 9.17) is 9.15 Å². The summed E-state index contributed by atoms with van der Waals surface area (Å²) in [7, 11) is 0. The zero-order chi connectivity index (χ0) is 16.2. The lowest BCUT2D eigenvalue weighted by atomic mass is 10.1. The first-order valence-corrected chi connectivity index (χ1v) is 8.72. The smallest absolute Gasteiger partial charge is 0.341 e. The van der Waals surface area contributed by atoms with Crippen molar-refractivity contribution in [1.82, 2.24) is 0 Å². The first-order valence-electron chi connectivity index (χ1n) is 7.84. The van der Waals surface area contributed by atoms with Gasteiger partial charge < -0.3 is 14.5 Å². The fourth-order valence-electron chi connectivity index (χ4n) is 2.87. The van der Waals surface area contributed by atoms with Crippen molar-refractivity contribution in [2.75, 3.05) is 11.9 Å². The Morgan fingerprint density at radius 1 is 1.39 bits per heavy atom. The molecule has 0 atom stereocenters. The fourth-order valence-corrected chi connectivity index (χ4v) is 3.81. The number of hydrogen-bond acceptors (Lipinski definition) is 5. The van der Waals surface area contributed by atoms with Gasteiger partial charge in [-0.1, -0.05) is 12.8 Å². The standard InChI is InChI=1S/C17H19NO4S/c1-2-21-17(20)14-12(13-8-5-9-22-13)10-23-16(14)18-15(19)11-6-3-4-7-11/h5,8-11H,2-4,6-7H2,1H3,(H,18,19). The van der Waals surface area contributed by atoms with Gasteiger partial charge in [0.1, 0.15) is 16.3 Å². The van der Waals surface area contributed by atoms with Gasteiger partial charge in [0.2, 0.25) is 5.91 Å². The zero-order valence-electron chi connectivity index (χ0n) is 13.0. The molecule has 1 aliphatic carbocycles. The normalized spacial score (nSPS) is 14.8. The fraction of sp³-hybridized carbons (Fsp3) is 0.412. The second kappa shape index (κ2) is 7.00. The number of amides is 1. The van der Waals surface area contributed by atoms with Crippen LogP contribution in [0.5, 0.6) is 0 Å². The summed E-state index contributed by atoms with van der Waals surface area (Å²) in [5, 5.41) is 5.26. The van der Waals surface area contributed by atoms with Crippen molar-refractivity contribution in [3.63, 3.8) is 0 Å². The Morgan fingerprint density at radius 2 is 2.17 bits per heavy atom. The molecule has 23 heavy (non-hydrogen) atoms. The monoisotopic (exact) mass is 333 g/mol. The van der Waals surface area contributed by atoms with E-state index in [1.165, 1.54) is 11.3 Å². The average Bonchev–Trinajstić information content (AvgIpc) is 3.28. The van der Waals surface area contributed by atoms with Crippen molar-refractivity contribution in [1.29, 1.82) is 0 Å². The molecular formula is C17H19NO4S. The third-order valence-corrected chi connectivity index (χ3v) is 4.92. The van der Waals surface area contributed by atoms with Crippen molar-refractivity contribution in [3.05, 3.63) is 29.3 Å². The number of carbonyl (C=O) groups excluding carboxylic acids is 2. The van der Waals surface area contributed by atoms with E-state index in [2.05, 4.69) is 5.32 Å². The van der Waals surface area contributed by atoms with E-state index in [9.17, 15) is 9.59 Å². The molecule has 0 bridgehead atoms. The maximum atomic E-state index is 12.4. The quantitative estimate of drug-likeness (QED) is 0.828. The topological polar surface area (TPSA) is 68.5 Å². The summed E-state index contributed by atoms with van der Waals surface area (Å²) in [5.41, 5.74) is 1.03. The predicted octanol–water partition coefficient (Wildman–Crippen LogP) is 4.31. The molecule has 3 rings (SSSR count). The summed E-state index contributed by atoms with van der Waals surface area (Å²) in [6, 6.07) is 3.55. The van der Waals surface area contributed by atoms with Gasteiger partial charge in [-0.25, -0.2) is 4.79 Å². The summed E-state index contributed by atoms with van der Waals surface area (Å²) in [5.74, 6) is 0.174. The van der Waals surface area contributed by atoms with Gasteiger partial charge in [-0.3, -0.25) is 4.79 Å².